The van der Waals surface area contributed by atoms with Gasteiger partial charge in [-0.05, 0) is 13.3 Å². The minimum Gasteiger partial charge on any atom is -0.356 e. The average Bonchev–Trinajstić information content (AvgIpc) is 3.24. The molecule has 0 aliphatic rings. The van der Waals surface area contributed by atoms with Gasteiger partial charge < -0.3 is 9.84 Å². The van der Waals surface area contributed by atoms with E-state index in [2.05, 4.69) is 29.4 Å². The standard InChI is InChI=1S/C18H20N4O2/c1-3-13(2)22-17(9-10-19-22)20-18(23)12-15-11-16(24-21-15)14-7-5-4-6-8-14/h4-11,13H,3,12H2,1-2H3,(H,20,23)/t13-/m0/s1. The van der Waals surface area contributed by atoms with Gasteiger partial charge in [-0.2, -0.15) is 5.10 Å². The molecule has 0 unspecified atom stereocenters. The van der Waals surface area contributed by atoms with Crippen molar-refractivity contribution in [2.75, 3.05) is 5.32 Å². The minimum absolute atomic E-state index is 0.145. The van der Waals surface area contributed by atoms with Gasteiger partial charge in [0.25, 0.3) is 0 Å². The van der Waals surface area contributed by atoms with Crippen molar-refractivity contribution in [3.8, 4) is 11.3 Å². The Morgan fingerprint density at radius 2 is 2.08 bits per heavy atom. The molecule has 2 heterocycles. The molecule has 124 valence electrons. The third-order valence-electron chi connectivity index (χ3n) is 3.91. The second-order valence-corrected chi connectivity index (χ2v) is 5.69. The number of hydrogen-bond acceptors (Lipinski definition) is 4. The molecule has 0 fully saturated rings. The van der Waals surface area contributed by atoms with Crippen molar-refractivity contribution in [1.29, 1.82) is 0 Å². The summed E-state index contributed by atoms with van der Waals surface area (Å²) in [4.78, 5) is 12.3. The Morgan fingerprint density at radius 1 is 1.29 bits per heavy atom. The van der Waals surface area contributed by atoms with Gasteiger partial charge in [-0.3, -0.25) is 4.79 Å². The van der Waals surface area contributed by atoms with Crippen LogP contribution in [0.3, 0.4) is 0 Å². The summed E-state index contributed by atoms with van der Waals surface area (Å²) in [5, 5.41) is 11.1. The predicted molar refractivity (Wildman–Crippen MR) is 91.5 cm³/mol. The van der Waals surface area contributed by atoms with Crippen molar-refractivity contribution >= 4 is 11.7 Å². The normalized spacial score (nSPS) is 12.1. The number of aromatic nitrogens is 3. The van der Waals surface area contributed by atoms with Crippen molar-refractivity contribution in [3.05, 3.63) is 54.4 Å². The van der Waals surface area contributed by atoms with Crippen LogP contribution >= 0.6 is 0 Å². The molecule has 0 saturated carbocycles. The fourth-order valence-electron chi connectivity index (χ4n) is 2.42. The highest BCUT2D eigenvalue weighted by Crippen LogP contribution is 2.20. The lowest BCUT2D eigenvalue weighted by atomic mass is 10.1. The summed E-state index contributed by atoms with van der Waals surface area (Å²) < 4.78 is 7.13. The molecule has 3 rings (SSSR count). The van der Waals surface area contributed by atoms with E-state index in [1.165, 1.54) is 0 Å². The minimum atomic E-state index is -0.145. The number of rotatable bonds is 6. The molecule has 24 heavy (non-hydrogen) atoms. The van der Waals surface area contributed by atoms with Crippen molar-refractivity contribution in [1.82, 2.24) is 14.9 Å². The van der Waals surface area contributed by atoms with E-state index in [1.54, 1.807) is 18.3 Å². The summed E-state index contributed by atoms with van der Waals surface area (Å²) in [5.41, 5.74) is 1.53. The quantitative estimate of drug-likeness (QED) is 0.750. The van der Waals surface area contributed by atoms with Crippen molar-refractivity contribution in [2.45, 2.75) is 32.7 Å². The summed E-state index contributed by atoms with van der Waals surface area (Å²) >= 11 is 0. The molecule has 2 aromatic heterocycles. The van der Waals surface area contributed by atoms with Crippen molar-refractivity contribution in [3.63, 3.8) is 0 Å². The average molecular weight is 324 g/mol. The van der Waals surface area contributed by atoms with Crippen molar-refractivity contribution in [2.24, 2.45) is 0 Å². The van der Waals surface area contributed by atoms with Gasteiger partial charge >= 0.3 is 0 Å². The van der Waals surface area contributed by atoms with Crippen LogP contribution in [0, 0.1) is 0 Å². The van der Waals surface area contributed by atoms with E-state index in [-0.39, 0.29) is 18.4 Å². The number of nitrogens with zero attached hydrogens (tertiary/aromatic N) is 3. The van der Waals surface area contributed by atoms with Crippen LogP contribution in [-0.4, -0.2) is 20.8 Å². The van der Waals surface area contributed by atoms with Gasteiger partial charge in [-0.1, -0.05) is 42.4 Å². The Morgan fingerprint density at radius 3 is 2.83 bits per heavy atom. The van der Waals surface area contributed by atoms with Gasteiger partial charge in [-0.25, -0.2) is 4.68 Å². The number of nitrogens with one attached hydrogen (secondary N) is 1. The first-order chi connectivity index (χ1) is 11.7. The molecular formula is C18H20N4O2. The zero-order valence-electron chi connectivity index (χ0n) is 13.8. The molecule has 6 heteroatoms. The highest BCUT2D eigenvalue weighted by Gasteiger charge is 2.14. The molecule has 0 bridgehead atoms. The molecule has 0 aliphatic carbocycles. The summed E-state index contributed by atoms with van der Waals surface area (Å²) in [6.07, 6.45) is 2.78. The van der Waals surface area contributed by atoms with Crippen LogP contribution in [0.4, 0.5) is 5.82 Å². The van der Waals surface area contributed by atoms with Gasteiger partial charge in [0.05, 0.1) is 24.4 Å². The molecule has 0 spiro atoms. The third kappa shape index (κ3) is 3.53. The highest BCUT2D eigenvalue weighted by molar-refractivity contribution is 5.91. The first kappa shape index (κ1) is 16.0. The van der Waals surface area contributed by atoms with E-state index in [0.29, 0.717) is 17.3 Å². The first-order valence-electron chi connectivity index (χ1n) is 8.01. The van der Waals surface area contributed by atoms with Crippen LogP contribution in [0.15, 0.2) is 53.2 Å². The Kier molecular flexibility index (Phi) is 4.74. The second-order valence-electron chi connectivity index (χ2n) is 5.69. The lowest BCUT2D eigenvalue weighted by Gasteiger charge is -2.13. The zero-order valence-corrected chi connectivity index (χ0v) is 13.8. The van der Waals surface area contributed by atoms with Crippen LogP contribution in [0.25, 0.3) is 11.3 Å². The maximum absolute atomic E-state index is 12.3. The maximum atomic E-state index is 12.3. The third-order valence-corrected chi connectivity index (χ3v) is 3.91. The first-order valence-corrected chi connectivity index (χ1v) is 8.01. The van der Waals surface area contributed by atoms with Gasteiger partial charge in [0.15, 0.2) is 5.76 Å². The fourth-order valence-corrected chi connectivity index (χ4v) is 2.42. The van der Waals surface area contributed by atoms with Crippen LogP contribution < -0.4 is 5.32 Å². The van der Waals surface area contributed by atoms with Gasteiger partial charge in [-0.15, -0.1) is 0 Å². The number of anilines is 1. The molecule has 0 aliphatic heterocycles. The molecule has 1 atom stereocenters. The summed E-state index contributed by atoms with van der Waals surface area (Å²) in [7, 11) is 0. The molecular weight excluding hydrogens is 304 g/mol. The number of benzene rings is 1. The monoisotopic (exact) mass is 324 g/mol. The molecule has 3 aromatic rings. The van der Waals surface area contributed by atoms with Gasteiger partial charge in [0.1, 0.15) is 5.82 Å². The number of amides is 1. The Balaban J connectivity index is 1.66. The van der Waals surface area contributed by atoms with E-state index in [0.717, 1.165) is 12.0 Å². The lowest BCUT2D eigenvalue weighted by molar-refractivity contribution is -0.115. The van der Waals surface area contributed by atoms with E-state index >= 15 is 0 Å². The fraction of sp³-hybridized carbons (Fsp3) is 0.278. The predicted octanol–water partition coefficient (Wildman–Crippen LogP) is 3.69. The topological polar surface area (TPSA) is 73.0 Å². The summed E-state index contributed by atoms with van der Waals surface area (Å²) in [5.74, 6) is 1.21. The number of carbonyl (C=O) groups is 1. The SMILES string of the molecule is CC[C@H](C)n1nccc1NC(=O)Cc1cc(-c2ccccc2)on1. The maximum Gasteiger partial charge on any atom is 0.231 e. The lowest BCUT2D eigenvalue weighted by Crippen LogP contribution is -2.19. The molecule has 1 aromatic carbocycles. The van der Waals surface area contributed by atoms with Gasteiger partial charge in [0.2, 0.25) is 5.91 Å². The summed E-state index contributed by atoms with van der Waals surface area (Å²) in [6, 6.07) is 13.5. The Hall–Kier alpha value is -2.89. The van der Waals surface area contributed by atoms with E-state index < -0.39 is 0 Å². The van der Waals surface area contributed by atoms with E-state index in [9.17, 15) is 4.79 Å². The van der Waals surface area contributed by atoms with Crippen LogP contribution in [0.1, 0.15) is 32.0 Å². The van der Waals surface area contributed by atoms with Crippen LogP contribution in [-0.2, 0) is 11.2 Å². The molecule has 0 saturated heterocycles. The molecule has 1 amide bonds. The van der Waals surface area contributed by atoms with Gasteiger partial charge in [0, 0.05) is 17.7 Å². The highest BCUT2D eigenvalue weighted by atomic mass is 16.5. The molecule has 1 N–H and O–H groups in total. The van der Waals surface area contributed by atoms with Crippen LogP contribution in [0.2, 0.25) is 0 Å². The second kappa shape index (κ2) is 7.12. The number of carbonyl (C=O) groups excluding carboxylic acids is 1. The smallest absolute Gasteiger partial charge is 0.231 e. The molecule has 6 nitrogen and oxygen atoms in total. The summed E-state index contributed by atoms with van der Waals surface area (Å²) in [6.45, 7) is 4.14. The van der Waals surface area contributed by atoms with Crippen molar-refractivity contribution < 1.29 is 9.32 Å². The van der Waals surface area contributed by atoms with Crippen LogP contribution in [0.5, 0.6) is 0 Å². The Labute approximate surface area is 140 Å². The largest absolute Gasteiger partial charge is 0.356 e. The van der Waals surface area contributed by atoms with E-state index in [1.807, 2.05) is 35.0 Å². The number of hydrogen-bond donors (Lipinski definition) is 1. The zero-order chi connectivity index (χ0) is 16.9. The molecule has 0 radical (unpaired) electrons. The van der Waals surface area contributed by atoms with E-state index in [4.69, 9.17) is 4.52 Å². The Bertz CT molecular complexity index is 807.